The number of pyridine rings is 1. The second kappa shape index (κ2) is 5.99. The summed E-state index contributed by atoms with van der Waals surface area (Å²) in [4.78, 5) is 18.0. The van der Waals surface area contributed by atoms with Crippen LogP contribution in [0.15, 0.2) is 18.3 Å². The van der Waals surface area contributed by atoms with Crippen molar-refractivity contribution in [3.05, 3.63) is 23.9 Å². The number of aliphatic hydroxyl groups is 1. The average Bonchev–Trinajstić information content (AvgIpc) is 2.81. The molecular weight excluding hydrogens is 244 g/mol. The van der Waals surface area contributed by atoms with Crippen molar-refractivity contribution in [2.45, 2.75) is 6.10 Å². The predicted molar refractivity (Wildman–Crippen MR) is 73.3 cm³/mol. The van der Waals surface area contributed by atoms with Gasteiger partial charge in [-0.05, 0) is 12.1 Å². The van der Waals surface area contributed by atoms with E-state index in [1.165, 1.54) is 0 Å². The quantitative estimate of drug-likeness (QED) is 0.681. The molecule has 104 valence electrons. The van der Waals surface area contributed by atoms with E-state index in [9.17, 15) is 9.90 Å². The van der Waals surface area contributed by atoms with Crippen molar-refractivity contribution in [3.8, 4) is 0 Å². The number of nitrogens with one attached hydrogen (secondary N) is 2. The molecule has 1 aliphatic heterocycles. The van der Waals surface area contributed by atoms with Gasteiger partial charge < -0.3 is 20.6 Å². The molecule has 0 aliphatic carbocycles. The summed E-state index contributed by atoms with van der Waals surface area (Å²) in [5.74, 6) is 0.693. The fourth-order valence-corrected chi connectivity index (χ4v) is 2.06. The Labute approximate surface area is 112 Å². The predicted octanol–water partition coefficient (Wildman–Crippen LogP) is -0.542. The molecule has 1 fully saturated rings. The fraction of sp³-hybridized carbons (Fsp3) is 0.538. The molecule has 0 saturated carbocycles. The van der Waals surface area contributed by atoms with E-state index in [-0.39, 0.29) is 17.9 Å². The molecule has 2 unspecified atom stereocenters. The van der Waals surface area contributed by atoms with Crippen molar-refractivity contribution in [2.24, 2.45) is 5.92 Å². The van der Waals surface area contributed by atoms with Gasteiger partial charge in [-0.3, -0.25) is 4.79 Å². The highest BCUT2D eigenvalue weighted by Gasteiger charge is 2.25. The molecule has 0 aromatic carbocycles. The number of carbonyl (C=O) groups excluding carboxylic acids is 1. The van der Waals surface area contributed by atoms with Gasteiger partial charge in [0.25, 0.3) is 5.91 Å². The first-order valence-corrected chi connectivity index (χ1v) is 6.38. The molecule has 2 heterocycles. The molecule has 19 heavy (non-hydrogen) atoms. The minimum Gasteiger partial charge on any atom is -0.391 e. The third-order valence-electron chi connectivity index (χ3n) is 3.29. The number of amides is 1. The minimum atomic E-state index is -0.380. The highest BCUT2D eigenvalue weighted by atomic mass is 16.3. The van der Waals surface area contributed by atoms with Gasteiger partial charge in [-0.15, -0.1) is 0 Å². The number of anilines is 1. The standard InChI is InChI=1S/C13H20N4O2/c1-17(2)12-5-9(3-4-15-12)13(19)16-7-10-6-14-8-11(10)18/h3-5,10-11,14,18H,6-8H2,1-2H3,(H,16,19). The van der Waals surface area contributed by atoms with Gasteiger partial charge >= 0.3 is 0 Å². The Morgan fingerprint density at radius 2 is 2.37 bits per heavy atom. The Hall–Kier alpha value is -1.66. The summed E-state index contributed by atoms with van der Waals surface area (Å²) in [5.41, 5.74) is 0.583. The number of β-amino-alcohol motifs (C(OH)–C–C–N with tert-alkyl or cyclic N) is 1. The molecule has 0 spiro atoms. The first-order valence-electron chi connectivity index (χ1n) is 6.38. The number of nitrogens with zero attached hydrogens (tertiary/aromatic N) is 2. The molecule has 1 aromatic rings. The van der Waals surface area contributed by atoms with Gasteiger partial charge in [0.1, 0.15) is 5.82 Å². The normalized spacial score (nSPS) is 22.3. The number of aromatic nitrogens is 1. The van der Waals surface area contributed by atoms with Gasteiger partial charge in [0.2, 0.25) is 0 Å². The zero-order valence-electron chi connectivity index (χ0n) is 11.3. The summed E-state index contributed by atoms with van der Waals surface area (Å²) in [5, 5.41) is 15.6. The lowest BCUT2D eigenvalue weighted by atomic mass is 10.1. The molecule has 1 aliphatic rings. The van der Waals surface area contributed by atoms with Crippen LogP contribution in [-0.2, 0) is 0 Å². The van der Waals surface area contributed by atoms with Gasteiger partial charge in [-0.25, -0.2) is 4.98 Å². The average molecular weight is 264 g/mol. The monoisotopic (exact) mass is 264 g/mol. The van der Waals surface area contributed by atoms with E-state index in [1.54, 1.807) is 18.3 Å². The van der Waals surface area contributed by atoms with E-state index in [4.69, 9.17) is 0 Å². The maximum Gasteiger partial charge on any atom is 0.251 e. The van der Waals surface area contributed by atoms with Crippen LogP contribution < -0.4 is 15.5 Å². The maximum atomic E-state index is 12.0. The van der Waals surface area contributed by atoms with Crippen LogP contribution in [0.5, 0.6) is 0 Å². The first kappa shape index (κ1) is 13.8. The molecule has 0 radical (unpaired) electrons. The second-order valence-electron chi connectivity index (χ2n) is 4.99. The van der Waals surface area contributed by atoms with Crippen molar-refractivity contribution in [2.75, 3.05) is 38.6 Å². The molecule has 1 amide bonds. The van der Waals surface area contributed by atoms with E-state index >= 15 is 0 Å². The van der Waals surface area contributed by atoms with Crippen molar-refractivity contribution in [1.29, 1.82) is 0 Å². The Kier molecular flexibility index (Phi) is 4.34. The lowest BCUT2D eigenvalue weighted by molar-refractivity contribution is 0.0927. The number of hydrogen-bond acceptors (Lipinski definition) is 5. The molecule has 2 rings (SSSR count). The molecule has 6 nitrogen and oxygen atoms in total. The third kappa shape index (κ3) is 3.42. The summed E-state index contributed by atoms with van der Waals surface area (Å²) in [6.07, 6.45) is 1.24. The van der Waals surface area contributed by atoms with E-state index in [0.717, 1.165) is 12.4 Å². The van der Waals surface area contributed by atoms with Crippen LogP contribution >= 0.6 is 0 Å². The second-order valence-corrected chi connectivity index (χ2v) is 4.99. The minimum absolute atomic E-state index is 0.0825. The van der Waals surface area contributed by atoms with Crippen LogP contribution in [0.4, 0.5) is 5.82 Å². The van der Waals surface area contributed by atoms with E-state index < -0.39 is 0 Å². The number of rotatable bonds is 4. The van der Waals surface area contributed by atoms with Gasteiger partial charge in [-0.1, -0.05) is 0 Å². The zero-order valence-corrected chi connectivity index (χ0v) is 11.3. The highest BCUT2D eigenvalue weighted by Crippen LogP contribution is 2.11. The van der Waals surface area contributed by atoms with Crippen LogP contribution in [0.2, 0.25) is 0 Å². The lowest BCUT2D eigenvalue weighted by Crippen LogP contribution is -2.34. The maximum absolute atomic E-state index is 12.0. The van der Waals surface area contributed by atoms with Crippen molar-refractivity contribution < 1.29 is 9.90 Å². The lowest BCUT2D eigenvalue weighted by Gasteiger charge is -2.15. The Balaban J connectivity index is 1.94. The first-order chi connectivity index (χ1) is 9.08. The van der Waals surface area contributed by atoms with Crippen molar-refractivity contribution in [3.63, 3.8) is 0 Å². The van der Waals surface area contributed by atoms with E-state index in [0.29, 0.717) is 18.7 Å². The van der Waals surface area contributed by atoms with Crippen LogP contribution in [0.3, 0.4) is 0 Å². The summed E-state index contributed by atoms with van der Waals surface area (Å²) >= 11 is 0. The largest absolute Gasteiger partial charge is 0.391 e. The molecule has 6 heteroatoms. The SMILES string of the molecule is CN(C)c1cc(C(=O)NCC2CNCC2O)ccn1. The Morgan fingerprint density at radius 1 is 1.58 bits per heavy atom. The molecule has 3 N–H and O–H groups in total. The number of carbonyl (C=O) groups is 1. The number of hydrogen-bond donors (Lipinski definition) is 3. The van der Waals surface area contributed by atoms with Gasteiger partial charge in [-0.2, -0.15) is 0 Å². The number of aliphatic hydroxyl groups excluding tert-OH is 1. The van der Waals surface area contributed by atoms with Crippen molar-refractivity contribution in [1.82, 2.24) is 15.6 Å². The van der Waals surface area contributed by atoms with E-state index in [2.05, 4.69) is 15.6 Å². The summed E-state index contributed by atoms with van der Waals surface area (Å²) in [7, 11) is 3.76. The van der Waals surface area contributed by atoms with Crippen LogP contribution in [0.25, 0.3) is 0 Å². The summed E-state index contributed by atoms with van der Waals surface area (Å²) < 4.78 is 0. The highest BCUT2D eigenvalue weighted by molar-refractivity contribution is 5.94. The molecule has 1 saturated heterocycles. The molecule has 1 aromatic heterocycles. The zero-order chi connectivity index (χ0) is 13.8. The van der Waals surface area contributed by atoms with Crippen LogP contribution in [0, 0.1) is 5.92 Å². The fourth-order valence-electron chi connectivity index (χ4n) is 2.06. The van der Waals surface area contributed by atoms with E-state index in [1.807, 2.05) is 19.0 Å². The van der Waals surface area contributed by atoms with Gasteiger partial charge in [0.15, 0.2) is 0 Å². The summed E-state index contributed by atoms with van der Waals surface area (Å²) in [6, 6.07) is 3.43. The topological polar surface area (TPSA) is 77.5 Å². The smallest absolute Gasteiger partial charge is 0.251 e. The molecular formula is C13H20N4O2. The van der Waals surface area contributed by atoms with Crippen LogP contribution in [0.1, 0.15) is 10.4 Å². The van der Waals surface area contributed by atoms with Crippen LogP contribution in [-0.4, -0.2) is 55.8 Å². The van der Waals surface area contributed by atoms with Crippen molar-refractivity contribution >= 4 is 11.7 Å². The van der Waals surface area contributed by atoms with Gasteiger partial charge in [0, 0.05) is 51.4 Å². The van der Waals surface area contributed by atoms with Gasteiger partial charge in [0.05, 0.1) is 6.10 Å². The third-order valence-corrected chi connectivity index (χ3v) is 3.29. The Bertz CT molecular complexity index is 450. The molecule has 2 atom stereocenters. The Morgan fingerprint density at radius 3 is 3.00 bits per heavy atom. The summed E-state index contributed by atoms with van der Waals surface area (Å²) in [6.45, 7) is 1.81. The molecule has 0 bridgehead atoms.